The van der Waals surface area contributed by atoms with Crippen LogP contribution in [0.25, 0.3) is 5.69 Å². The summed E-state index contributed by atoms with van der Waals surface area (Å²) < 4.78 is 7.91. The number of ether oxygens (including phenoxy) is 1. The molecule has 1 atom stereocenters. The van der Waals surface area contributed by atoms with Crippen LogP contribution in [0.4, 0.5) is 11.9 Å². The second kappa shape index (κ2) is 7.38. The maximum atomic E-state index is 6.40. The fourth-order valence-electron chi connectivity index (χ4n) is 5.75. The first-order valence-electron chi connectivity index (χ1n) is 11.5. The smallest absolute Gasteiger partial charge is 0.231 e. The van der Waals surface area contributed by atoms with Crippen molar-refractivity contribution in [2.45, 2.75) is 25.6 Å². The van der Waals surface area contributed by atoms with Crippen molar-refractivity contribution in [2.75, 3.05) is 49.2 Å². The third-order valence-electron chi connectivity index (χ3n) is 7.36. The predicted molar refractivity (Wildman–Crippen MR) is 124 cm³/mol. The van der Waals surface area contributed by atoms with Crippen molar-refractivity contribution < 1.29 is 4.74 Å². The molecule has 2 aromatic heterocycles. The molecule has 0 amide bonds. The number of hydrogen-bond donors (Lipinski definition) is 0. The summed E-state index contributed by atoms with van der Waals surface area (Å²) in [5.74, 6) is 2.73. The average molecular weight is 465 g/mol. The summed E-state index contributed by atoms with van der Waals surface area (Å²) in [5.41, 5.74) is 2.62. The van der Waals surface area contributed by atoms with E-state index in [1.165, 1.54) is 5.56 Å². The quantitative estimate of drug-likeness (QED) is 0.583. The Balaban J connectivity index is 1.16. The van der Waals surface area contributed by atoms with Gasteiger partial charge in [-0.1, -0.05) is 11.6 Å². The van der Waals surface area contributed by atoms with Crippen LogP contribution in [0.3, 0.4) is 0 Å². The Bertz CT molecular complexity index is 1180. The monoisotopic (exact) mass is 464 g/mol. The summed E-state index contributed by atoms with van der Waals surface area (Å²) in [5, 5.41) is 10.1. The van der Waals surface area contributed by atoms with E-state index >= 15 is 0 Å². The second-order valence-electron chi connectivity index (χ2n) is 9.71. The van der Waals surface area contributed by atoms with Crippen LogP contribution < -0.4 is 9.80 Å². The maximum absolute atomic E-state index is 6.40. The highest BCUT2D eigenvalue weighted by molar-refractivity contribution is 6.30. The fourth-order valence-corrected chi connectivity index (χ4v) is 5.94. The van der Waals surface area contributed by atoms with E-state index in [1.807, 2.05) is 12.1 Å². The maximum Gasteiger partial charge on any atom is 0.231 e. The van der Waals surface area contributed by atoms with Gasteiger partial charge in [0.15, 0.2) is 5.82 Å². The number of fused-ring (bicyclic) bond motifs is 3. The van der Waals surface area contributed by atoms with Crippen LogP contribution in [0.1, 0.15) is 17.8 Å². The number of halogens is 1. The molecule has 4 aliphatic rings. The minimum absolute atomic E-state index is 0.284. The average Bonchev–Trinajstić information content (AvgIpc) is 3.41. The molecule has 3 fully saturated rings. The number of rotatable bonds is 3. The largest absolute Gasteiger partial charge is 0.380 e. The molecule has 10 heteroatoms. The topological polar surface area (TPSA) is 75.4 Å². The van der Waals surface area contributed by atoms with Gasteiger partial charge in [0, 0.05) is 68.2 Å². The predicted octanol–water partition coefficient (Wildman–Crippen LogP) is 2.14. The van der Waals surface area contributed by atoms with Crippen molar-refractivity contribution in [3.63, 3.8) is 0 Å². The van der Waals surface area contributed by atoms with Crippen LogP contribution in [0.15, 0.2) is 36.7 Å². The molecule has 4 aliphatic heterocycles. The molecular weight excluding hydrogens is 440 g/mol. The van der Waals surface area contributed by atoms with Gasteiger partial charge < -0.3 is 14.5 Å². The van der Waals surface area contributed by atoms with E-state index in [0.717, 1.165) is 87.3 Å². The molecule has 0 radical (unpaired) electrons. The normalized spacial score (nSPS) is 23.6. The zero-order chi connectivity index (χ0) is 22.0. The van der Waals surface area contributed by atoms with E-state index in [2.05, 4.69) is 51.6 Å². The molecule has 7 rings (SSSR count). The molecule has 0 saturated carbocycles. The molecule has 33 heavy (non-hydrogen) atoms. The van der Waals surface area contributed by atoms with Gasteiger partial charge in [0.25, 0.3) is 0 Å². The van der Waals surface area contributed by atoms with Crippen LogP contribution >= 0.6 is 11.6 Å². The Morgan fingerprint density at radius 1 is 1.00 bits per heavy atom. The van der Waals surface area contributed by atoms with Crippen LogP contribution in [-0.2, 0) is 17.8 Å². The second-order valence-corrected chi connectivity index (χ2v) is 10.1. The number of nitrogens with zero attached hydrogens (tertiary/aromatic N) is 8. The summed E-state index contributed by atoms with van der Waals surface area (Å²) >= 11 is 6.40. The lowest BCUT2D eigenvalue weighted by Crippen LogP contribution is -2.73. The first-order chi connectivity index (χ1) is 16.2. The third kappa shape index (κ3) is 3.21. The van der Waals surface area contributed by atoms with Crippen molar-refractivity contribution in [3.05, 3.63) is 53.1 Å². The molecule has 3 aromatic rings. The van der Waals surface area contributed by atoms with Gasteiger partial charge in [0.1, 0.15) is 0 Å². The molecule has 0 bridgehead atoms. The molecule has 1 aromatic carbocycles. The highest BCUT2D eigenvalue weighted by Crippen LogP contribution is 2.43. The SMILES string of the molecule is Clc1ccc2c(c1)CN([C@@H]1CCOC1)Cc1nnc(N3CC4(CN(c5ncccn5)C4)C3)n1-2. The van der Waals surface area contributed by atoms with Crippen LogP contribution in [0.5, 0.6) is 0 Å². The Labute approximate surface area is 196 Å². The molecule has 0 aliphatic carbocycles. The van der Waals surface area contributed by atoms with E-state index in [1.54, 1.807) is 12.4 Å². The minimum atomic E-state index is 0.284. The van der Waals surface area contributed by atoms with Crippen molar-refractivity contribution in [1.29, 1.82) is 0 Å². The molecular formula is C23H25ClN8O. The molecule has 9 nitrogen and oxygen atoms in total. The van der Waals surface area contributed by atoms with Gasteiger partial charge in [0.05, 0.1) is 18.8 Å². The summed E-state index contributed by atoms with van der Waals surface area (Å²) in [6, 6.07) is 8.41. The standard InChI is InChI=1S/C23H25ClN8O/c24-17-2-3-19-16(8-17)9-29(18-4-7-33-11-18)10-20-27-28-22(32(19)20)31-14-23(15-31)12-30(13-23)21-25-5-1-6-26-21/h1-3,5-6,8,18H,4,7,9-15H2/t18-/m1/s1. The number of aromatic nitrogens is 5. The summed E-state index contributed by atoms with van der Waals surface area (Å²) in [4.78, 5) is 15.8. The van der Waals surface area contributed by atoms with Gasteiger partial charge in [-0.3, -0.25) is 9.47 Å². The first kappa shape index (κ1) is 19.7. The first-order valence-corrected chi connectivity index (χ1v) is 11.9. The Morgan fingerprint density at radius 3 is 2.61 bits per heavy atom. The van der Waals surface area contributed by atoms with E-state index < -0.39 is 0 Å². The van der Waals surface area contributed by atoms with E-state index in [4.69, 9.17) is 16.3 Å². The van der Waals surface area contributed by atoms with E-state index in [9.17, 15) is 0 Å². The molecule has 0 N–H and O–H groups in total. The number of hydrogen-bond acceptors (Lipinski definition) is 8. The van der Waals surface area contributed by atoms with Gasteiger partial charge in [-0.2, -0.15) is 0 Å². The molecule has 6 heterocycles. The highest BCUT2D eigenvalue weighted by atomic mass is 35.5. The Morgan fingerprint density at radius 2 is 1.82 bits per heavy atom. The molecule has 3 saturated heterocycles. The van der Waals surface area contributed by atoms with Crippen molar-refractivity contribution in [1.82, 2.24) is 29.6 Å². The number of anilines is 2. The van der Waals surface area contributed by atoms with Crippen LogP contribution in [-0.4, -0.2) is 75.1 Å². The van der Waals surface area contributed by atoms with Gasteiger partial charge >= 0.3 is 0 Å². The van der Waals surface area contributed by atoms with Crippen LogP contribution in [0, 0.1) is 5.41 Å². The number of benzene rings is 1. The molecule has 1 spiro atoms. The van der Waals surface area contributed by atoms with Gasteiger partial charge in [0.2, 0.25) is 11.9 Å². The van der Waals surface area contributed by atoms with Gasteiger partial charge in [-0.25, -0.2) is 9.97 Å². The highest BCUT2D eigenvalue weighted by Gasteiger charge is 2.53. The van der Waals surface area contributed by atoms with Crippen LogP contribution in [0.2, 0.25) is 5.02 Å². The Kier molecular flexibility index (Phi) is 4.40. The third-order valence-corrected chi connectivity index (χ3v) is 7.59. The Hall–Kier alpha value is -2.75. The summed E-state index contributed by atoms with van der Waals surface area (Å²) in [7, 11) is 0. The van der Waals surface area contributed by atoms with Gasteiger partial charge in [-0.15, -0.1) is 10.2 Å². The molecule has 0 unspecified atom stereocenters. The summed E-state index contributed by atoms with van der Waals surface area (Å²) in [6.45, 7) is 7.09. The lowest BCUT2D eigenvalue weighted by Gasteiger charge is -2.60. The lowest BCUT2D eigenvalue weighted by atomic mass is 9.73. The van der Waals surface area contributed by atoms with E-state index in [-0.39, 0.29) is 5.41 Å². The van der Waals surface area contributed by atoms with Crippen molar-refractivity contribution in [3.8, 4) is 5.69 Å². The fraction of sp³-hybridized carbons (Fsp3) is 0.478. The van der Waals surface area contributed by atoms with Crippen molar-refractivity contribution in [2.24, 2.45) is 5.41 Å². The van der Waals surface area contributed by atoms with E-state index in [0.29, 0.717) is 6.04 Å². The lowest BCUT2D eigenvalue weighted by molar-refractivity contribution is 0.133. The minimum Gasteiger partial charge on any atom is -0.380 e. The zero-order valence-electron chi connectivity index (χ0n) is 18.3. The molecule has 170 valence electrons. The van der Waals surface area contributed by atoms with Crippen molar-refractivity contribution >= 4 is 23.5 Å². The zero-order valence-corrected chi connectivity index (χ0v) is 19.0. The van der Waals surface area contributed by atoms with Gasteiger partial charge in [-0.05, 0) is 36.2 Å². The summed E-state index contributed by atoms with van der Waals surface area (Å²) in [6.07, 6.45) is 4.65.